The van der Waals surface area contributed by atoms with E-state index >= 15 is 0 Å². The quantitative estimate of drug-likeness (QED) is 0.561. The number of aliphatic imine (C=N–C) groups is 1. The lowest BCUT2D eigenvalue weighted by Gasteiger charge is -2.46. The molecular formula is C26H26FN3O6S2. The number of amides is 1. The summed E-state index contributed by atoms with van der Waals surface area (Å²) in [4.78, 5) is 33.8. The van der Waals surface area contributed by atoms with Crippen LogP contribution in [0.5, 0.6) is 0 Å². The minimum absolute atomic E-state index is 0.0124. The number of carbonyl (C=O) groups excluding carboxylic acids is 2. The van der Waals surface area contributed by atoms with Crippen LogP contribution in [0.3, 0.4) is 0 Å². The molecule has 4 aliphatic rings. The molecule has 0 radical (unpaired) electrons. The van der Waals surface area contributed by atoms with Crippen LogP contribution in [0, 0.1) is 29.5 Å². The summed E-state index contributed by atoms with van der Waals surface area (Å²) in [5.41, 5.74) is 0.852. The van der Waals surface area contributed by atoms with Crippen molar-refractivity contribution < 1.29 is 30.8 Å². The van der Waals surface area contributed by atoms with E-state index in [4.69, 9.17) is 0 Å². The Hall–Kier alpha value is -3.12. The van der Waals surface area contributed by atoms with Crippen molar-refractivity contribution >= 4 is 48.6 Å². The van der Waals surface area contributed by atoms with E-state index < -0.39 is 37.4 Å². The van der Waals surface area contributed by atoms with Gasteiger partial charge in [0.1, 0.15) is 11.7 Å². The molecule has 1 saturated heterocycles. The number of sulfonamides is 1. The fourth-order valence-corrected chi connectivity index (χ4v) is 8.82. The zero-order chi connectivity index (χ0) is 27.0. The molecule has 2 bridgehead atoms. The zero-order valence-electron chi connectivity index (χ0n) is 20.5. The molecule has 2 aliphatic carbocycles. The van der Waals surface area contributed by atoms with Crippen LogP contribution in [0.25, 0.3) is 0 Å². The van der Waals surface area contributed by atoms with Gasteiger partial charge in [-0.05, 0) is 67.0 Å². The molecule has 38 heavy (non-hydrogen) atoms. The van der Waals surface area contributed by atoms with Gasteiger partial charge in [0.25, 0.3) is 0 Å². The number of piperidine rings is 1. The van der Waals surface area contributed by atoms with Gasteiger partial charge in [-0.3, -0.25) is 19.3 Å². The summed E-state index contributed by atoms with van der Waals surface area (Å²) >= 11 is 0. The molecule has 5 atom stereocenters. The Morgan fingerprint density at radius 1 is 1.08 bits per heavy atom. The Morgan fingerprint density at radius 3 is 2.50 bits per heavy atom. The SMILES string of the molecule is CS(=O)(=O)Nc1ccc2c(c1)S(=O)(=O)CC(C1C(=O)C3C([C@@H]4CC[C@H]3C4)N(Cc3ccc(F)cc3)C1=O)=N2. The average Bonchev–Trinajstić information content (AvgIpc) is 3.45. The molecule has 1 amide bonds. The third-order valence-electron chi connectivity index (χ3n) is 8.17. The number of rotatable bonds is 5. The van der Waals surface area contributed by atoms with E-state index in [0.29, 0.717) is 0 Å². The fourth-order valence-electron chi connectivity index (χ4n) is 6.75. The van der Waals surface area contributed by atoms with E-state index in [-0.39, 0.29) is 63.9 Å². The predicted octanol–water partition coefficient (Wildman–Crippen LogP) is 2.70. The molecule has 2 saturated carbocycles. The van der Waals surface area contributed by atoms with Gasteiger partial charge >= 0.3 is 0 Å². The van der Waals surface area contributed by atoms with E-state index in [0.717, 1.165) is 31.1 Å². The number of likely N-dealkylation sites (tertiary alicyclic amines) is 1. The van der Waals surface area contributed by atoms with E-state index in [9.17, 15) is 30.8 Å². The van der Waals surface area contributed by atoms with Gasteiger partial charge in [-0.15, -0.1) is 0 Å². The standard InChI is InChI=1S/C26H26FN3O6S2/c1-37(33,34)29-18-8-9-19-21(11-18)38(35,36)13-20(28-19)23-25(31)22-15-4-5-16(10-15)24(22)30(26(23)32)12-14-2-6-17(27)7-3-14/h2-3,6-9,11,15-16,22-24,29H,4-5,10,12-13H2,1H3/t15-,16+,22?,23?,24?/m0/s1. The first-order valence-corrected chi connectivity index (χ1v) is 16.0. The molecular weight excluding hydrogens is 533 g/mol. The number of nitrogens with one attached hydrogen (secondary N) is 1. The van der Waals surface area contributed by atoms with Crippen LogP contribution in [-0.2, 0) is 36.0 Å². The third kappa shape index (κ3) is 4.23. The van der Waals surface area contributed by atoms with Crippen molar-refractivity contribution in [1.82, 2.24) is 4.90 Å². The highest BCUT2D eigenvalue weighted by Gasteiger charge is 2.60. The molecule has 0 spiro atoms. The molecule has 2 heterocycles. The second kappa shape index (κ2) is 8.70. The Labute approximate surface area is 220 Å². The number of hydrogen-bond donors (Lipinski definition) is 1. The van der Waals surface area contributed by atoms with Gasteiger partial charge in [0.05, 0.1) is 28.3 Å². The highest BCUT2D eigenvalue weighted by atomic mass is 32.2. The van der Waals surface area contributed by atoms with Crippen LogP contribution in [-0.4, -0.2) is 57.2 Å². The first-order chi connectivity index (χ1) is 17.9. The molecule has 6 rings (SSSR count). The molecule has 0 aromatic heterocycles. The summed E-state index contributed by atoms with van der Waals surface area (Å²) < 4.78 is 65.5. The summed E-state index contributed by atoms with van der Waals surface area (Å²) in [5, 5.41) is 0. The van der Waals surface area contributed by atoms with Crippen LogP contribution in [0.1, 0.15) is 24.8 Å². The summed E-state index contributed by atoms with van der Waals surface area (Å²) in [6, 6.07) is 9.57. The molecule has 200 valence electrons. The van der Waals surface area contributed by atoms with Crippen LogP contribution in [0.15, 0.2) is 52.4 Å². The number of hydrogen-bond acceptors (Lipinski definition) is 7. The molecule has 1 N–H and O–H groups in total. The van der Waals surface area contributed by atoms with E-state index in [1.165, 1.54) is 30.3 Å². The van der Waals surface area contributed by atoms with Crippen molar-refractivity contribution in [3.63, 3.8) is 0 Å². The number of carbonyl (C=O) groups is 2. The number of benzene rings is 2. The highest BCUT2D eigenvalue weighted by molar-refractivity contribution is 7.92. The lowest BCUT2D eigenvalue weighted by Crippen LogP contribution is -2.61. The summed E-state index contributed by atoms with van der Waals surface area (Å²) in [7, 11) is -7.64. The lowest BCUT2D eigenvalue weighted by molar-refractivity contribution is -0.153. The molecule has 12 heteroatoms. The Kier molecular flexibility index (Phi) is 5.76. The van der Waals surface area contributed by atoms with Gasteiger partial charge < -0.3 is 4.90 Å². The highest BCUT2D eigenvalue weighted by Crippen LogP contribution is 2.54. The summed E-state index contributed by atoms with van der Waals surface area (Å²) in [6.45, 7) is 0.199. The lowest BCUT2D eigenvalue weighted by atomic mass is 9.72. The predicted molar refractivity (Wildman–Crippen MR) is 138 cm³/mol. The number of anilines is 1. The summed E-state index contributed by atoms with van der Waals surface area (Å²) in [6.07, 6.45) is 3.64. The number of ketones is 1. The van der Waals surface area contributed by atoms with Crippen molar-refractivity contribution in [3.8, 4) is 0 Å². The van der Waals surface area contributed by atoms with Crippen molar-refractivity contribution in [1.29, 1.82) is 0 Å². The normalized spacial score (nSPS) is 29.6. The number of fused-ring (bicyclic) bond motifs is 6. The van der Waals surface area contributed by atoms with Crippen molar-refractivity contribution in [2.75, 3.05) is 16.7 Å². The topological polar surface area (TPSA) is 130 Å². The number of sulfone groups is 1. The fraction of sp³-hybridized carbons (Fsp3) is 0.423. The molecule has 3 unspecified atom stereocenters. The monoisotopic (exact) mass is 559 g/mol. The maximum absolute atomic E-state index is 13.9. The van der Waals surface area contributed by atoms with E-state index in [1.807, 2.05) is 0 Å². The van der Waals surface area contributed by atoms with Gasteiger partial charge in [-0.25, -0.2) is 21.2 Å². The number of Topliss-reactive ketones (excluding diaryl/α,β-unsaturated/α-hetero) is 1. The zero-order valence-corrected chi connectivity index (χ0v) is 22.1. The maximum atomic E-state index is 13.9. The Bertz CT molecular complexity index is 1600. The minimum atomic E-state index is -4.01. The largest absolute Gasteiger partial charge is 0.333 e. The average molecular weight is 560 g/mol. The van der Waals surface area contributed by atoms with Crippen LogP contribution in [0.4, 0.5) is 15.8 Å². The first-order valence-electron chi connectivity index (χ1n) is 12.4. The smallest absolute Gasteiger partial charge is 0.239 e. The number of nitrogens with zero attached hydrogens (tertiary/aromatic N) is 2. The van der Waals surface area contributed by atoms with Gasteiger partial charge in [-0.1, -0.05) is 12.1 Å². The van der Waals surface area contributed by atoms with Gasteiger partial charge in [0.15, 0.2) is 15.6 Å². The van der Waals surface area contributed by atoms with E-state index in [2.05, 4.69) is 9.71 Å². The second-order valence-electron chi connectivity index (χ2n) is 10.7. The molecule has 2 aliphatic heterocycles. The Morgan fingerprint density at radius 2 is 1.79 bits per heavy atom. The molecule has 2 aromatic carbocycles. The molecule has 2 aromatic rings. The van der Waals surface area contributed by atoms with Gasteiger partial charge in [0.2, 0.25) is 15.9 Å². The van der Waals surface area contributed by atoms with E-state index in [1.54, 1.807) is 17.0 Å². The van der Waals surface area contributed by atoms with Crippen molar-refractivity contribution in [3.05, 3.63) is 53.8 Å². The maximum Gasteiger partial charge on any atom is 0.239 e. The van der Waals surface area contributed by atoms with Gasteiger partial charge in [-0.2, -0.15) is 0 Å². The van der Waals surface area contributed by atoms with Crippen LogP contribution >= 0.6 is 0 Å². The Balaban J connectivity index is 1.39. The molecule has 9 nitrogen and oxygen atoms in total. The van der Waals surface area contributed by atoms with Crippen molar-refractivity contribution in [2.24, 2.45) is 28.7 Å². The second-order valence-corrected chi connectivity index (χ2v) is 14.4. The first kappa shape index (κ1) is 25.2. The number of halogens is 1. The van der Waals surface area contributed by atoms with Crippen LogP contribution in [0.2, 0.25) is 0 Å². The van der Waals surface area contributed by atoms with Crippen molar-refractivity contribution in [2.45, 2.75) is 36.7 Å². The summed E-state index contributed by atoms with van der Waals surface area (Å²) in [5.74, 6) is -3.09. The third-order valence-corrected chi connectivity index (χ3v) is 10.5. The van der Waals surface area contributed by atoms with Crippen LogP contribution < -0.4 is 4.72 Å². The minimum Gasteiger partial charge on any atom is -0.333 e. The molecule has 3 fully saturated rings. The van der Waals surface area contributed by atoms with Gasteiger partial charge in [0, 0.05) is 24.2 Å².